The van der Waals surface area contributed by atoms with Gasteiger partial charge in [-0.05, 0) is 123 Å². The summed E-state index contributed by atoms with van der Waals surface area (Å²) < 4.78 is 5.13. The Morgan fingerprint density at radius 2 is 1.50 bits per heavy atom. The Kier molecular flexibility index (Phi) is 19.3. The second-order valence-corrected chi connectivity index (χ2v) is 13.0. The lowest BCUT2D eigenvalue weighted by Gasteiger charge is -2.30. The van der Waals surface area contributed by atoms with E-state index < -0.39 is 0 Å². The summed E-state index contributed by atoms with van der Waals surface area (Å²) >= 11 is 9.93. The van der Waals surface area contributed by atoms with Gasteiger partial charge >= 0.3 is 0 Å². The number of nitrogens with zero attached hydrogens (tertiary/aromatic N) is 2. The fourth-order valence-corrected chi connectivity index (χ4v) is 7.54. The molecule has 0 spiro atoms. The third kappa shape index (κ3) is 13.4. The van der Waals surface area contributed by atoms with E-state index in [4.69, 9.17) is 11.6 Å². The zero-order valence-electron chi connectivity index (χ0n) is 26.7. The topological polar surface area (TPSA) is 18.5 Å². The average molecular weight is 628 g/mol. The van der Waals surface area contributed by atoms with Crippen molar-refractivity contribution in [1.29, 1.82) is 0 Å². The van der Waals surface area contributed by atoms with Crippen molar-refractivity contribution in [3.05, 3.63) is 95.6 Å². The Morgan fingerprint density at radius 3 is 2.07 bits per heavy atom. The van der Waals surface area contributed by atoms with E-state index in [1.165, 1.54) is 59.5 Å². The van der Waals surface area contributed by atoms with Crippen molar-refractivity contribution in [3.63, 3.8) is 0 Å². The number of piperidine rings is 1. The third-order valence-corrected chi connectivity index (χ3v) is 9.67. The van der Waals surface area contributed by atoms with Gasteiger partial charge in [0.25, 0.3) is 0 Å². The largest absolute Gasteiger partial charge is 0.317 e. The number of halogens is 1. The Bertz CT molecular complexity index is 1040. The summed E-state index contributed by atoms with van der Waals surface area (Å²) in [6, 6.07) is 18.1. The molecule has 6 heteroatoms. The highest BCUT2D eigenvalue weighted by Crippen LogP contribution is 2.35. The van der Waals surface area contributed by atoms with Gasteiger partial charge in [0.1, 0.15) is 0 Å². The first-order valence-electron chi connectivity index (χ1n) is 16.0. The summed E-state index contributed by atoms with van der Waals surface area (Å²) in [5, 5.41) is 4.31. The van der Waals surface area contributed by atoms with Gasteiger partial charge in [-0.15, -0.1) is 0 Å². The SMILES string of the molecule is C=C/C=C(\C=C/C)CN(CC1CCNCC1)Sc1ccc(SN(Cc2ccc(Cl)cc2)C2CCCC2)cc1.CC.CC. The second kappa shape index (κ2) is 22.1. The van der Waals surface area contributed by atoms with Crippen LogP contribution >= 0.6 is 35.5 Å². The molecule has 1 aliphatic carbocycles. The number of allylic oxidation sites excluding steroid dienone is 3. The second-order valence-electron chi connectivity index (χ2n) is 10.3. The first kappa shape index (κ1) is 36.7. The van der Waals surface area contributed by atoms with Crippen molar-refractivity contribution >= 4 is 35.5 Å². The van der Waals surface area contributed by atoms with E-state index in [1.54, 1.807) is 0 Å². The van der Waals surface area contributed by atoms with Gasteiger partial charge in [-0.2, -0.15) is 0 Å². The number of benzene rings is 2. The first-order chi connectivity index (χ1) is 20.6. The minimum Gasteiger partial charge on any atom is -0.317 e. The highest BCUT2D eigenvalue weighted by atomic mass is 35.5. The Balaban J connectivity index is 0.00000148. The van der Waals surface area contributed by atoms with Gasteiger partial charge in [-0.3, -0.25) is 0 Å². The molecule has 0 radical (unpaired) electrons. The molecule has 1 N–H and O–H groups in total. The number of hydrogen-bond acceptors (Lipinski definition) is 5. The van der Waals surface area contributed by atoms with Crippen LogP contribution in [-0.2, 0) is 6.54 Å². The monoisotopic (exact) mass is 627 g/mol. The maximum Gasteiger partial charge on any atom is 0.0406 e. The molecule has 0 atom stereocenters. The Hall–Kier alpha value is -1.47. The van der Waals surface area contributed by atoms with Crippen molar-refractivity contribution in [2.45, 2.75) is 95.5 Å². The van der Waals surface area contributed by atoms with Crippen molar-refractivity contribution in [2.75, 3.05) is 26.2 Å². The van der Waals surface area contributed by atoms with E-state index in [9.17, 15) is 0 Å². The van der Waals surface area contributed by atoms with Crippen LogP contribution in [0.5, 0.6) is 0 Å². The molecule has 2 fully saturated rings. The summed E-state index contributed by atoms with van der Waals surface area (Å²) in [5.41, 5.74) is 2.62. The van der Waals surface area contributed by atoms with Crippen LogP contribution < -0.4 is 5.32 Å². The van der Waals surface area contributed by atoms with Gasteiger partial charge < -0.3 is 5.32 Å². The number of hydrogen-bond donors (Lipinski definition) is 1. The minimum absolute atomic E-state index is 0.631. The van der Waals surface area contributed by atoms with Gasteiger partial charge in [-0.1, -0.05) is 95.2 Å². The highest BCUT2D eigenvalue weighted by Gasteiger charge is 2.24. The first-order valence-corrected chi connectivity index (χ1v) is 17.9. The molecule has 0 bridgehead atoms. The van der Waals surface area contributed by atoms with Crippen LogP contribution in [-0.4, -0.2) is 40.8 Å². The van der Waals surface area contributed by atoms with Gasteiger partial charge in [0.2, 0.25) is 0 Å². The zero-order chi connectivity index (χ0) is 30.6. The van der Waals surface area contributed by atoms with E-state index in [1.807, 2.05) is 69.8 Å². The third-order valence-electron chi connectivity index (χ3n) is 7.26. The normalized spacial score (nSPS) is 16.3. The average Bonchev–Trinajstić information content (AvgIpc) is 3.57. The fraction of sp³-hybridized carbons (Fsp3) is 0.500. The molecule has 1 aliphatic heterocycles. The number of nitrogens with one attached hydrogen (secondary N) is 1. The molecular formula is C36H54ClN3S2. The summed E-state index contributed by atoms with van der Waals surface area (Å²) in [4.78, 5) is 2.60. The molecule has 4 rings (SSSR count). The van der Waals surface area contributed by atoms with Gasteiger partial charge in [0, 0.05) is 40.5 Å². The van der Waals surface area contributed by atoms with Gasteiger partial charge in [-0.25, -0.2) is 8.61 Å². The lowest BCUT2D eigenvalue weighted by atomic mass is 9.98. The van der Waals surface area contributed by atoms with Crippen molar-refractivity contribution < 1.29 is 0 Å². The van der Waals surface area contributed by atoms with E-state index in [0.29, 0.717) is 6.04 Å². The van der Waals surface area contributed by atoms with E-state index >= 15 is 0 Å². The molecule has 2 aromatic carbocycles. The summed E-state index contributed by atoms with van der Waals surface area (Å²) in [6.07, 6.45) is 16.1. The smallest absolute Gasteiger partial charge is 0.0406 e. The molecule has 0 unspecified atom stereocenters. The molecular weight excluding hydrogens is 574 g/mol. The van der Waals surface area contributed by atoms with Crippen molar-refractivity contribution in [1.82, 2.24) is 13.9 Å². The van der Waals surface area contributed by atoms with Crippen molar-refractivity contribution in [3.8, 4) is 0 Å². The van der Waals surface area contributed by atoms with Crippen molar-refractivity contribution in [2.24, 2.45) is 5.92 Å². The van der Waals surface area contributed by atoms with Crippen LogP contribution in [0.4, 0.5) is 0 Å². The molecule has 1 saturated carbocycles. The predicted molar refractivity (Wildman–Crippen MR) is 190 cm³/mol. The zero-order valence-corrected chi connectivity index (χ0v) is 29.0. The molecule has 2 aromatic rings. The molecule has 0 amide bonds. The lowest BCUT2D eigenvalue weighted by Crippen LogP contribution is -2.34. The fourth-order valence-electron chi connectivity index (χ4n) is 5.26. The van der Waals surface area contributed by atoms with Crippen LogP contribution in [0.15, 0.2) is 94.8 Å². The summed E-state index contributed by atoms with van der Waals surface area (Å²) in [6.45, 7) is 19.2. The van der Waals surface area contributed by atoms with Crippen LogP contribution in [0.3, 0.4) is 0 Å². The Morgan fingerprint density at radius 1 is 0.905 bits per heavy atom. The minimum atomic E-state index is 0.631. The molecule has 1 heterocycles. The molecule has 232 valence electrons. The van der Waals surface area contributed by atoms with E-state index in [-0.39, 0.29) is 0 Å². The summed E-state index contributed by atoms with van der Waals surface area (Å²) in [5.74, 6) is 0.738. The molecule has 3 nitrogen and oxygen atoms in total. The van der Waals surface area contributed by atoms with Crippen LogP contribution in [0, 0.1) is 5.92 Å². The van der Waals surface area contributed by atoms with E-state index in [2.05, 4.69) is 82.1 Å². The van der Waals surface area contributed by atoms with Crippen LogP contribution in [0.2, 0.25) is 5.02 Å². The highest BCUT2D eigenvalue weighted by molar-refractivity contribution is 7.97. The predicted octanol–water partition coefficient (Wildman–Crippen LogP) is 10.8. The Labute approximate surface area is 271 Å². The van der Waals surface area contributed by atoms with Crippen LogP contribution in [0.25, 0.3) is 0 Å². The summed E-state index contributed by atoms with van der Waals surface area (Å²) in [7, 11) is 0. The quantitative estimate of drug-likeness (QED) is 0.175. The maximum absolute atomic E-state index is 6.13. The molecule has 1 saturated heterocycles. The van der Waals surface area contributed by atoms with Crippen LogP contribution in [0.1, 0.15) is 78.7 Å². The molecule has 42 heavy (non-hydrogen) atoms. The van der Waals surface area contributed by atoms with Gasteiger partial charge in [0.05, 0.1) is 0 Å². The van der Waals surface area contributed by atoms with Gasteiger partial charge in [0.15, 0.2) is 0 Å². The number of rotatable bonds is 13. The molecule has 2 aliphatic rings. The standard InChI is InChI=1S/C32H42ClN3S2.2C2H6/c1-3-7-26(8-4-2)23-35(24-28-19-21-34-22-20-28)37-31-15-17-32(18-16-31)38-36(30-9-5-6-10-30)25-27-11-13-29(33)14-12-27;2*1-2/h3-4,7-8,11-18,28,30,34H,1,5-6,9-10,19-25H2,2H3;2*1-2H3/b8-4-,26-7+;;. The lowest BCUT2D eigenvalue weighted by molar-refractivity contribution is 0.312. The van der Waals surface area contributed by atoms with E-state index in [0.717, 1.165) is 43.7 Å². The molecule has 0 aromatic heterocycles. The maximum atomic E-state index is 6.13.